The molecule has 10 heteroatoms. The molecule has 226 valence electrons. The first-order valence-electron chi connectivity index (χ1n) is 15.1. The normalized spacial score (nSPS) is 27.6. The van der Waals surface area contributed by atoms with Crippen molar-refractivity contribution in [2.75, 3.05) is 48.4 Å². The van der Waals surface area contributed by atoms with Gasteiger partial charge in [0.1, 0.15) is 17.4 Å². The summed E-state index contributed by atoms with van der Waals surface area (Å²) in [6, 6.07) is 13.7. The van der Waals surface area contributed by atoms with Gasteiger partial charge in [-0.25, -0.2) is 0 Å². The molecule has 3 aliphatic rings. The molecule has 5 atom stereocenters. The number of amides is 3. The first-order valence-corrected chi connectivity index (χ1v) is 15.1. The van der Waals surface area contributed by atoms with Crippen LogP contribution in [0.4, 0.5) is 17.1 Å². The number of aliphatic hydroxyl groups is 1. The Labute approximate surface area is 247 Å². The lowest BCUT2D eigenvalue weighted by Crippen LogP contribution is -2.53. The topological polar surface area (TPSA) is 120 Å². The van der Waals surface area contributed by atoms with E-state index in [0.29, 0.717) is 43.0 Å². The third kappa shape index (κ3) is 4.90. The lowest BCUT2D eigenvalue weighted by Gasteiger charge is -2.34. The summed E-state index contributed by atoms with van der Waals surface area (Å²) >= 11 is 0. The van der Waals surface area contributed by atoms with Crippen LogP contribution in [0.15, 0.2) is 48.5 Å². The predicted molar refractivity (Wildman–Crippen MR) is 161 cm³/mol. The van der Waals surface area contributed by atoms with Gasteiger partial charge in [0, 0.05) is 36.7 Å². The Morgan fingerprint density at radius 1 is 0.976 bits per heavy atom. The average Bonchev–Trinajstić information content (AvgIpc) is 3.59. The van der Waals surface area contributed by atoms with Gasteiger partial charge in [-0.3, -0.25) is 14.4 Å². The maximum atomic E-state index is 14.0. The van der Waals surface area contributed by atoms with E-state index in [0.717, 1.165) is 18.8 Å². The fourth-order valence-corrected chi connectivity index (χ4v) is 7.34. The van der Waals surface area contributed by atoms with Gasteiger partial charge in [0.2, 0.25) is 17.7 Å². The summed E-state index contributed by atoms with van der Waals surface area (Å²) in [5, 5.41) is 15.8. The standard InChI is InChI=1S/C32H42N4O6/c1-5-31-17-18-32(42-31)26(25(31)28(38)33-22-11-15-24(16-12-22)41-8-4)30(40)36(19-20-37)27(32)29(39)34-21-9-13-23(14-10-21)35(6-2)7-3/h9-16,25-27,37H,5-8,17-20H2,1-4H3,(H,33,38)(H,34,39)/t25-,26+,27?,31+,32?/m1/s1. The quantitative estimate of drug-likeness (QED) is 0.352. The van der Waals surface area contributed by atoms with E-state index in [1.807, 2.05) is 38.1 Å². The van der Waals surface area contributed by atoms with Crippen LogP contribution in [0.25, 0.3) is 0 Å². The number of carbonyl (C=O) groups excluding carboxylic acids is 3. The molecule has 5 rings (SSSR count). The van der Waals surface area contributed by atoms with Crippen LogP contribution in [0.2, 0.25) is 0 Å². The summed E-state index contributed by atoms with van der Waals surface area (Å²) in [4.78, 5) is 45.5. The highest BCUT2D eigenvalue weighted by atomic mass is 16.5. The van der Waals surface area contributed by atoms with Crippen molar-refractivity contribution in [3.8, 4) is 5.75 Å². The lowest BCUT2D eigenvalue weighted by molar-refractivity contribution is -0.144. The molecule has 0 saturated carbocycles. The molecule has 2 aromatic carbocycles. The Bertz CT molecular complexity index is 1300. The van der Waals surface area contributed by atoms with Crippen molar-refractivity contribution in [2.45, 2.75) is 64.2 Å². The molecule has 3 saturated heterocycles. The van der Waals surface area contributed by atoms with E-state index in [9.17, 15) is 19.5 Å². The number of hydrogen-bond acceptors (Lipinski definition) is 7. The van der Waals surface area contributed by atoms with Crippen LogP contribution in [0, 0.1) is 11.8 Å². The highest BCUT2D eigenvalue weighted by molar-refractivity contribution is 6.05. The number of nitrogens with zero attached hydrogens (tertiary/aromatic N) is 2. The van der Waals surface area contributed by atoms with Crippen molar-refractivity contribution in [1.82, 2.24) is 4.90 Å². The Morgan fingerprint density at radius 3 is 2.17 bits per heavy atom. The minimum atomic E-state index is -1.16. The van der Waals surface area contributed by atoms with Gasteiger partial charge in [0.05, 0.1) is 30.7 Å². The van der Waals surface area contributed by atoms with Gasteiger partial charge in [-0.2, -0.15) is 0 Å². The molecule has 3 aliphatic heterocycles. The van der Waals surface area contributed by atoms with Crippen molar-refractivity contribution in [3.05, 3.63) is 48.5 Å². The maximum absolute atomic E-state index is 14.0. The van der Waals surface area contributed by atoms with Gasteiger partial charge in [0.25, 0.3) is 0 Å². The first kappa shape index (κ1) is 29.8. The Morgan fingerprint density at radius 2 is 1.60 bits per heavy atom. The van der Waals surface area contributed by atoms with Gasteiger partial charge in [-0.05, 0) is 88.6 Å². The number of carbonyl (C=O) groups is 3. The molecule has 0 aliphatic carbocycles. The maximum Gasteiger partial charge on any atom is 0.250 e. The van der Waals surface area contributed by atoms with Gasteiger partial charge in [0.15, 0.2) is 0 Å². The van der Waals surface area contributed by atoms with Crippen molar-refractivity contribution < 1.29 is 29.0 Å². The van der Waals surface area contributed by atoms with Gasteiger partial charge in [-0.15, -0.1) is 0 Å². The smallest absolute Gasteiger partial charge is 0.250 e. The minimum absolute atomic E-state index is 0.0220. The van der Waals surface area contributed by atoms with Crippen molar-refractivity contribution >= 4 is 34.8 Å². The number of aliphatic hydroxyl groups excluding tert-OH is 1. The largest absolute Gasteiger partial charge is 0.494 e. The first-order chi connectivity index (χ1) is 20.3. The number of rotatable bonds is 12. The van der Waals surface area contributed by atoms with Crippen LogP contribution in [0.1, 0.15) is 47.0 Å². The van der Waals surface area contributed by atoms with Crippen LogP contribution in [0.5, 0.6) is 5.75 Å². The molecular formula is C32H42N4O6. The third-order valence-corrected chi connectivity index (χ3v) is 9.25. The highest BCUT2D eigenvalue weighted by Crippen LogP contribution is 2.64. The monoisotopic (exact) mass is 578 g/mol. The summed E-state index contributed by atoms with van der Waals surface area (Å²) in [7, 11) is 0. The van der Waals surface area contributed by atoms with Gasteiger partial charge < -0.3 is 35.0 Å². The summed E-state index contributed by atoms with van der Waals surface area (Å²) in [6.07, 6.45) is 1.57. The van der Waals surface area contributed by atoms with Gasteiger partial charge >= 0.3 is 0 Å². The van der Waals surface area contributed by atoms with Crippen LogP contribution < -0.4 is 20.3 Å². The lowest BCUT2D eigenvalue weighted by atomic mass is 9.65. The highest BCUT2D eigenvalue weighted by Gasteiger charge is 2.78. The number of anilines is 3. The summed E-state index contributed by atoms with van der Waals surface area (Å²) in [5.41, 5.74) is 0.235. The summed E-state index contributed by atoms with van der Waals surface area (Å²) < 4.78 is 12.3. The zero-order valence-electron chi connectivity index (χ0n) is 24.9. The molecule has 3 fully saturated rings. The second-order valence-corrected chi connectivity index (χ2v) is 11.2. The van der Waals surface area contributed by atoms with Gasteiger partial charge in [-0.1, -0.05) is 6.92 Å². The summed E-state index contributed by atoms with van der Waals surface area (Å²) in [6.45, 7) is 9.99. The molecule has 3 amide bonds. The average molecular weight is 579 g/mol. The fraction of sp³-hybridized carbons (Fsp3) is 0.531. The van der Waals surface area contributed by atoms with E-state index < -0.39 is 29.1 Å². The molecule has 0 radical (unpaired) electrons. The number of fused-ring (bicyclic) bond motifs is 1. The molecule has 0 aromatic heterocycles. The second-order valence-electron chi connectivity index (χ2n) is 11.2. The number of likely N-dealkylation sites (tertiary alicyclic amines) is 1. The van der Waals surface area contributed by atoms with Crippen molar-refractivity contribution in [2.24, 2.45) is 11.8 Å². The molecular weight excluding hydrogens is 536 g/mol. The van der Waals surface area contributed by atoms with Crippen molar-refractivity contribution in [3.63, 3.8) is 0 Å². The van der Waals surface area contributed by atoms with Crippen molar-refractivity contribution in [1.29, 1.82) is 0 Å². The second kappa shape index (κ2) is 11.9. The summed E-state index contributed by atoms with van der Waals surface area (Å²) in [5.74, 6) is -1.93. The Balaban J connectivity index is 1.42. The van der Waals surface area contributed by atoms with Crippen LogP contribution in [-0.4, -0.2) is 77.8 Å². The number of benzene rings is 2. The van der Waals surface area contributed by atoms with E-state index >= 15 is 0 Å². The molecule has 10 nitrogen and oxygen atoms in total. The molecule has 1 spiro atoms. The molecule has 42 heavy (non-hydrogen) atoms. The molecule has 3 N–H and O–H groups in total. The zero-order chi connectivity index (χ0) is 30.1. The van der Waals surface area contributed by atoms with E-state index in [-0.39, 0.29) is 30.9 Å². The number of hydrogen-bond donors (Lipinski definition) is 3. The number of β-amino-alcohol motifs (C(OH)–C–C–N with tert-alkyl or cyclic N) is 1. The van der Waals surface area contributed by atoms with E-state index in [2.05, 4.69) is 29.4 Å². The Kier molecular flexibility index (Phi) is 8.48. The Hall–Kier alpha value is -3.63. The molecule has 3 heterocycles. The fourth-order valence-electron chi connectivity index (χ4n) is 7.34. The van der Waals surface area contributed by atoms with Crippen LogP contribution >= 0.6 is 0 Å². The predicted octanol–water partition coefficient (Wildman–Crippen LogP) is 3.66. The molecule has 2 unspecified atom stereocenters. The SMILES string of the molecule is CCOc1ccc(NC(=O)[C@H]2[C@H]3C(=O)N(CCO)C(C(=O)Nc4ccc(N(CC)CC)cc4)C34CC[C@]2(CC)O4)cc1. The molecule has 2 bridgehead atoms. The van der Waals surface area contributed by atoms with Crippen LogP contribution in [0.3, 0.4) is 0 Å². The van der Waals surface area contributed by atoms with E-state index in [1.165, 1.54) is 4.90 Å². The van der Waals surface area contributed by atoms with E-state index in [4.69, 9.17) is 9.47 Å². The third-order valence-electron chi connectivity index (χ3n) is 9.25. The van der Waals surface area contributed by atoms with Crippen LogP contribution in [-0.2, 0) is 19.1 Å². The molecule has 2 aromatic rings. The number of nitrogens with one attached hydrogen (secondary N) is 2. The zero-order valence-corrected chi connectivity index (χ0v) is 24.9. The minimum Gasteiger partial charge on any atom is -0.494 e. The number of ether oxygens (including phenoxy) is 2. The van der Waals surface area contributed by atoms with E-state index in [1.54, 1.807) is 24.3 Å².